The van der Waals surface area contributed by atoms with Gasteiger partial charge in [0.25, 0.3) is 5.56 Å². The molecule has 0 saturated heterocycles. The Bertz CT molecular complexity index is 2550. The maximum atomic E-state index is 14.6. The van der Waals surface area contributed by atoms with Gasteiger partial charge in [0.05, 0.1) is 29.6 Å². The number of carbonyl (C=O) groups is 5. The number of phenols is 2. The Labute approximate surface area is 358 Å². The Kier molecular flexibility index (Phi) is 15.2. The molecule has 0 unspecified atom stereocenters. The van der Waals surface area contributed by atoms with Crippen molar-refractivity contribution in [1.82, 2.24) is 35.1 Å². The van der Waals surface area contributed by atoms with E-state index in [-0.39, 0.29) is 46.8 Å². The molecule has 2 aromatic carbocycles. The number of carbonyl (C=O) groups excluding carboxylic acids is 3. The highest BCUT2D eigenvalue weighted by molar-refractivity contribution is 7.99. The van der Waals surface area contributed by atoms with Crippen molar-refractivity contribution in [1.29, 1.82) is 0 Å². The summed E-state index contributed by atoms with van der Waals surface area (Å²) in [6.07, 6.45) is -1.68. The SMILES string of the molecule is C[C@H](c1nc2ncccc2c(=O)n1-c1cc(O)c(O)cc1SC[C@H](NC(=O)[C@@H](N)CCC(=O)O)C(=O)NCC(=O)O)N(Cc1cccnc1)C(=O)Cc1ccc(OC(F)(F)F)cc1. The van der Waals surface area contributed by atoms with Crippen molar-refractivity contribution in [3.63, 3.8) is 0 Å². The van der Waals surface area contributed by atoms with Crippen molar-refractivity contribution in [2.24, 2.45) is 5.73 Å². The maximum Gasteiger partial charge on any atom is 0.573 e. The zero-order chi connectivity index (χ0) is 46.0. The van der Waals surface area contributed by atoms with Gasteiger partial charge in [-0.15, -0.1) is 24.9 Å². The molecule has 8 N–H and O–H groups in total. The highest BCUT2D eigenvalue weighted by atomic mass is 32.2. The number of carboxylic acids is 2. The highest BCUT2D eigenvalue weighted by Crippen LogP contribution is 2.38. The molecule has 0 aliphatic carbocycles. The van der Waals surface area contributed by atoms with Crippen LogP contribution in [-0.4, -0.2) is 105 Å². The number of benzene rings is 2. The number of thioether (sulfide) groups is 1. The highest BCUT2D eigenvalue weighted by Gasteiger charge is 2.32. The van der Waals surface area contributed by atoms with Gasteiger partial charge in [-0.3, -0.25) is 38.3 Å². The first-order chi connectivity index (χ1) is 29.8. The number of alkyl halides is 3. The van der Waals surface area contributed by atoms with Crippen LogP contribution >= 0.6 is 11.8 Å². The molecule has 3 aromatic heterocycles. The number of hydrogen-bond acceptors (Lipinski definition) is 14. The average molecular weight is 897 g/mol. The van der Waals surface area contributed by atoms with E-state index in [4.69, 9.17) is 15.9 Å². The minimum atomic E-state index is -4.94. The quantitative estimate of drug-likeness (QED) is 0.0463. The molecule has 0 fully saturated rings. The van der Waals surface area contributed by atoms with Crippen LogP contribution in [0, 0.1) is 0 Å². The van der Waals surface area contributed by atoms with E-state index in [1.807, 2.05) is 0 Å². The Morgan fingerprint density at radius 1 is 0.952 bits per heavy atom. The summed E-state index contributed by atoms with van der Waals surface area (Å²) in [4.78, 5) is 91.8. The molecule has 5 rings (SSSR count). The summed E-state index contributed by atoms with van der Waals surface area (Å²) < 4.78 is 43.5. The molecule has 63 heavy (non-hydrogen) atoms. The van der Waals surface area contributed by atoms with E-state index in [9.17, 15) is 52.2 Å². The number of aromatic hydroxyl groups is 2. The van der Waals surface area contributed by atoms with Gasteiger partial charge in [0.15, 0.2) is 17.1 Å². The second-order valence-corrected chi connectivity index (χ2v) is 14.8. The Balaban J connectivity index is 1.59. The first kappa shape index (κ1) is 46.8. The van der Waals surface area contributed by atoms with Gasteiger partial charge in [0, 0.05) is 48.3 Å². The van der Waals surface area contributed by atoms with E-state index in [2.05, 4.69) is 30.3 Å². The number of aromatic nitrogens is 4. The summed E-state index contributed by atoms with van der Waals surface area (Å²) in [5.41, 5.74) is 5.77. The molecule has 19 nitrogen and oxygen atoms in total. The number of rotatable bonds is 19. The fourth-order valence-corrected chi connectivity index (χ4v) is 7.14. The minimum Gasteiger partial charge on any atom is -0.504 e. The van der Waals surface area contributed by atoms with Crippen molar-refractivity contribution in [2.75, 3.05) is 12.3 Å². The standard InChI is InChI=1S/C40H39F3N8O11S/c1-21(50(19-23-4-2-12-45-17-23)32(54)14-22-6-8-24(9-7-22)62-40(41,42)43)36-49-35-25(5-3-13-46-35)39(61)51(36)28-15-29(52)30(53)16-31(28)63-20-27(38(60)47-18-34(57)58)48-37(59)26(44)10-11-33(55)56/h2-9,12-13,15-17,21,26-27,52-53H,10-11,14,18-20,44H2,1H3,(H,47,60)(H,48,59)(H,55,56)(H,57,58)/t21-,26+,27+/m1/s1. The van der Waals surface area contributed by atoms with E-state index in [0.29, 0.717) is 11.1 Å². The number of nitrogens with one attached hydrogen (secondary N) is 2. The number of ether oxygens (including phenoxy) is 1. The zero-order valence-corrected chi connectivity index (χ0v) is 33.8. The van der Waals surface area contributed by atoms with Crippen LogP contribution in [0.1, 0.15) is 42.8 Å². The number of hydrogen-bond donors (Lipinski definition) is 7. The number of carboxylic acid groups (broad SMARTS) is 2. The van der Waals surface area contributed by atoms with Gasteiger partial charge in [0.2, 0.25) is 17.7 Å². The van der Waals surface area contributed by atoms with Crippen LogP contribution in [0.5, 0.6) is 17.2 Å². The second-order valence-electron chi connectivity index (χ2n) is 13.7. The Hall–Kier alpha value is -7.27. The fraction of sp³-hybridized carbons (Fsp3) is 0.275. The van der Waals surface area contributed by atoms with E-state index < -0.39 is 95.7 Å². The molecular formula is C40H39F3N8O11S. The molecule has 3 atom stereocenters. The van der Waals surface area contributed by atoms with Crippen LogP contribution in [0.4, 0.5) is 13.2 Å². The lowest BCUT2D eigenvalue weighted by Gasteiger charge is -2.31. The van der Waals surface area contributed by atoms with Crippen LogP contribution in [0.15, 0.2) is 88.9 Å². The molecule has 0 saturated carbocycles. The first-order valence-electron chi connectivity index (χ1n) is 18.7. The predicted octanol–water partition coefficient (Wildman–Crippen LogP) is 2.79. The number of nitrogens with two attached hydrogens (primary N) is 1. The number of nitrogens with zero attached hydrogens (tertiary/aromatic N) is 5. The summed E-state index contributed by atoms with van der Waals surface area (Å²) in [5, 5.41) is 44.2. The predicted molar refractivity (Wildman–Crippen MR) is 217 cm³/mol. The van der Waals surface area contributed by atoms with Crippen molar-refractivity contribution in [3.05, 3.63) is 107 Å². The molecule has 0 radical (unpaired) electrons. The number of aliphatic carboxylic acids is 2. The molecule has 0 aliphatic heterocycles. The number of fused-ring (bicyclic) bond motifs is 1. The summed E-state index contributed by atoms with van der Waals surface area (Å²) in [6, 6.07) is 8.89. The summed E-state index contributed by atoms with van der Waals surface area (Å²) in [6.45, 7) is 0.579. The van der Waals surface area contributed by atoms with Gasteiger partial charge in [0.1, 0.15) is 24.2 Å². The largest absolute Gasteiger partial charge is 0.573 e. The summed E-state index contributed by atoms with van der Waals surface area (Å²) >= 11 is 0.764. The topological polar surface area (TPSA) is 289 Å². The molecule has 5 aromatic rings. The molecule has 0 aliphatic rings. The summed E-state index contributed by atoms with van der Waals surface area (Å²) in [5.74, 6) is -7.57. The number of pyridine rings is 2. The molecular weight excluding hydrogens is 858 g/mol. The van der Waals surface area contributed by atoms with Gasteiger partial charge in [-0.05, 0) is 60.9 Å². The molecule has 3 heterocycles. The molecule has 332 valence electrons. The van der Waals surface area contributed by atoms with E-state index in [0.717, 1.165) is 40.6 Å². The maximum absolute atomic E-state index is 14.6. The third-order valence-electron chi connectivity index (χ3n) is 9.17. The molecule has 3 amide bonds. The second kappa shape index (κ2) is 20.5. The lowest BCUT2D eigenvalue weighted by molar-refractivity contribution is -0.274. The fourth-order valence-electron chi connectivity index (χ4n) is 6.07. The van der Waals surface area contributed by atoms with Crippen LogP contribution in [0.25, 0.3) is 16.7 Å². The Morgan fingerprint density at radius 3 is 2.30 bits per heavy atom. The molecule has 0 bridgehead atoms. The van der Waals surface area contributed by atoms with Crippen LogP contribution in [0.3, 0.4) is 0 Å². The van der Waals surface area contributed by atoms with Crippen molar-refractivity contribution in [3.8, 4) is 22.9 Å². The van der Waals surface area contributed by atoms with Crippen LogP contribution in [-0.2, 0) is 36.9 Å². The van der Waals surface area contributed by atoms with Gasteiger partial charge < -0.3 is 46.4 Å². The Morgan fingerprint density at radius 2 is 1.65 bits per heavy atom. The third kappa shape index (κ3) is 12.6. The lowest BCUT2D eigenvalue weighted by atomic mass is 10.1. The van der Waals surface area contributed by atoms with Crippen molar-refractivity contribution < 1.29 is 62.3 Å². The third-order valence-corrected chi connectivity index (χ3v) is 10.3. The van der Waals surface area contributed by atoms with Gasteiger partial charge in [-0.25, -0.2) is 9.97 Å². The van der Waals surface area contributed by atoms with Gasteiger partial charge in [-0.1, -0.05) is 18.2 Å². The zero-order valence-electron chi connectivity index (χ0n) is 33.0. The van der Waals surface area contributed by atoms with Crippen molar-refractivity contribution >= 4 is 52.5 Å². The van der Waals surface area contributed by atoms with Crippen LogP contribution < -0.4 is 26.7 Å². The first-order valence-corrected chi connectivity index (χ1v) is 19.7. The van der Waals surface area contributed by atoms with Gasteiger partial charge in [-0.2, -0.15) is 0 Å². The monoisotopic (exact) mass is 896 g/mol. The smallest absolute Gasteiger partial charge is 0.504 e. The van der Waals surface area contributed by atoms with E-state index in [1.165, 1.54) is 47.8 Å². The lowest BCUT2D eigenvalue weighted by Crippen LogP contribution is -2.53. The minimum absolute atomic E-state index is 0.00218. The number of amides is 3. The molecule has 0 spiro atoms. The van der Waals surface area contributed by atoms with E-state index >= 15 is 0 Å². The molecule has 23 heteroatoms. The average Bonchev–Trinajstić information content (AvgIpc) is 3.23. The van der Waals surface area contributed by atoms with Crippen molar-refractivity contribution in [2.45, 2.75) is 62.1 Å². The number of halogens is 3. The van der Waals surface area contributed by atoms with Crippen LogP contribution in [0.2, 0.25) is 0 Å². The van der Waals surface area contributed by atoms with E-state index in [1.54, 1.807) is 19.1 Å². The summed E-state index contributed by atoms with van der Waals surface area (Å²) in [7, 11) is 0. The normalized spacial score (nSPS) is 12.8. The number of phenolic OH excluding ortho intramolecular Hbond substituents is 2. The van der Waals surface area contributed by atoms with Gasteiger partial charge >= 0.3 is 18.3 Å².